The van der Waals surface area contributed by atoms with Gasteiger partial charge in [0.15, 0.2) is 0 Å². The Morgan fingerprint density at radius 3 is 2.21 bits per heavy atom. The Morgan fingerprint density at radius 1 is 1.21 bits per heavy atom. The SMILES string of the molecule is C=C.CC(C)(C)O.CCc1c(C)c2c3c(cc(C)n3CCN2)c1-c1ccc(Cl)cc1.COC=O. The fourth-order valence-electron chi connectivity index (χ4n) is 4.00. The number of hydrogen-bond donors (Lipinski definition) is 2. The number of nitrogens with zero attached hydrogens (tertiary/aromatic N) is 1. The van der Waals surface area contributed by atoms with Crippen LogP contribution < -0.4 is 5.32 Å². The lowest BCUT2D eigenvalue weighted by molar-refractivity contribution is -0.126. The molecule has 2 aromatic carbocycles. The fourth-order valence-corrected chi connectivity index (χ4v) is 4.13. The Kier molecular flexibility index (Phi) is 11.4. The van der Waals surface area contributed by atoms with Gasteiger partial charge in [0, 0.05) is 29.2 Å². The predicted molar refractivity (Wildman–Crippen MR) is 146 cm³/mol. The first kappa shape index (κ1) is 29.3. The van der Waals surface area contributed by atoms with Crippen LogP contribution in [0.15, 0.2) is 43.5 Å². The zero-order chi connectivity index (χ0) is 26.1. The van der Waals surface area contributed by atoms with Crippen LogP contribution in [0.5, 0.6) is 0 Å². The van der Waals surface area contributed by atoms with E-state index in [0.717, 1.165) is 24.5 Å². The molecular weight excluding hydrogens is 448 g/mol. The second-order valence-electron chi connectivity index (χ2n) is 8.84. The Hall–Kier alpha value is -2.76. The lowest BCUT2D eigenvalue weighted by Gasteiger charge is -2.25. The van der Waals surface area contributed by atoms with Gasteiger partial charge in [-0.1, -0.05) is 30.7 Å². The van der Waals surface area contributed by atoms with Crippen molar-refractivity contribution in [2.45, 2.75) is 60.1 Å². The first-order valence-corrected chi connectivity index (χ1v) is 11.7. The molecule has 1 aromatic heterocycles. The van der Waals surface area contributed by atoms with Crippen molar-refractivity contribution in [2.24, 2.45) is 0 Å². The molecule has 4 rings (SSSR count). The lowest BCUT2D eigenvalue weighted by atomic mass is 9.89. The van der Waals surface area contributed by atoms with Crippen LogP contribution in [0.1, 0.15) is 44.5 Å². The van der Waals surface area contributed by atoms with E-state index in [4.69, 9.17) is 21.5 Å². The van der Waals surface area contributed by atoms with Gasteiger partial charge >= 0.3 is 0 Å². The molecule has 0 saturated heterocycles. The van der Waals surface area contributed by atoms with Crippen molar-refractivity contribution >= 4 is 34.7 Å². The van der Waals surface area contributed by atoms with Crippen molar-refractivity contribution < 1.29 is 14.6 Å². The summed E-state index contributed by atoms with van der Waals surface area (Å²) in [6.07, 6.45) is 1.03. The van der Waals surface area contributed by atoms with E-state index in [-0.39, 0.29) is 0 Å². The average molecular weight is 487 g/mol. The molecule has 0 atom stereocenters. The minimum absolute atomic E-state index is 0.375. The highest BCUT2D eigenvalue weighted by Crippen LogP contribution is 2.43. The molecule has 34 heavy (non-hydrogen) atoms. The van der Waals surface area contributed by atoms with Gasteiger partial charge in [-0.2, -0.15) is 0 Å². The van der Waals surface area contributed by atoms with Gasteiger partial charge in [0.1, 0.15) is 0 Å². The van der Waals surface area contributed by atoms with Crippen LogP contribution in [0, 0.1) is 13.8 Å². The first-order valence-electron chi connectivity index (χ1n) is 11.4. The highest BCUT2D eigenvalue weighted by atomic mass is 35.5. The van der Waals surface area contributed by atoms with E-state index in [1.807, 2.05) is 12.1 Å². The van der Waals surface area contributed by atoms with E-state index in [2.05, 4.69) is 66.7 Å². The highest BCUT2D eigenvalue weighted by molar-refractivity contribution is 6.30. The van der Waals surface area contributed by atoms with Gasteiger partial charge in [0.2, 0.25) is 0 Å². The summed E-state index contributed by atoms with van der Waals surface area (Å²) >= 11 is 6.09. The summed E-state index contributed by atoms with van der Waals surface area (Å²) in [5.74, 6) is 0. The van der Waals surface area contributed by atoms with E-state index in [1.54, 1.807) is 20.8 Å². The summed E-state index contributed by atoms with van der Waals surface area (Å²) in [6.45, 7) is 20.3. The Bertz CT molecular complexity index is 1070. The number of hydrogen-bond acceptors (Lipinski definition) is 4. The molecule has 2 N–H and O–H groups in total. The molecule has 2 heterocycles. The van der Waals surface area contributed by atoms with Crippen LogP contribution >= 0.6 is 11.6 Å². The van der Waals surface area contributed by atoms with Crippen molar-refractivity contribution in [2.75, 3.05) is 19.0 Å². The molecule has 0 radical (unpaired) electrons. The molecule has 0 amide bonds. The van der Waals surface area contributed by atoms with E-state index < -0.39 is 5.60 Å². The maximum atomic E-state index is 8.95. The van der Waals surface area contributed by atoms with E-state index in [9.17, 15) is 0 Å². The monoisotopic (exact) mass is 486 g/mol. The number of halogens is 1. The zero-order valence-corrected chi connectivity index (χ0v) is 22.3. The normalized spacial score (nSPS) is 11.6. The number of aryl methyl sites for hydroxylation is 1. The number of anilines is 1. The molecule has 0 aliphatic carbocycles. The third kappa shape index (κ3) is 7.37. The third-order valence-corrected chi connectivity index (χ3v) is 5.41. The second-order valence-corrected chi connectivity index (χ2v) is 9.28. The summed E-state index contributed by atoms with van der Waals surface area (Å²) in [5, 5.41) is 14.3. The number of nitrogens with one attached hydrogen (secondary N) is 1. The van der Waals surface area contributed by atoms with Crippen LogP contribution in [0.2, 0.25) is 5.02 Å². The van der Waals surface area contributed by atoms with Gasteiger partial charge in [-0.05, 0) is 81.5 Å². The van der Waals surface area contributed by atoms with Gasteiger partial charge in [-0.25, -0.2) is 0 Å². The fraction of sp³-hybridized carbons (Fsp3) is 0.393. The molecule has 0 fully saturated rings. The van der Waals surface area contributed by atoms with Gasteiger partial charge in [-0.3, -0.25) is 4.79 Å². The molecule has 6 heteroatoms. The van der Waals surface area contributed by atoms with Crippen LogP contribution in [0.3, 0.4) is 0 Å². The number of methoxy groups -OCH3 is 1. The first-order chi connectivity index (χ1) is 16.0. The van der Waals surface area contributed by atoms with Gasteiger partial charge < -0.3 is 19.7 Å². The molecule has 1 aliphatic heterocycles. The molecule has 0 saturated carbocycles. The molecule has 3 aromatic rings. The number of carbonyl (C=O) groups is 1. The van der Waals surface area contributed by atoms with E-state index >= 15 is 0 Å². The Labute approximate surface area is 209 Å². The Morgan fingerprint density at radius 2 is 1.74 bits per heavy atom. The van der Waals surface area contributed by atoms with Crippen molar-refractivity contribution in [3.8, 4) is 11.1 Å². The summed E-state index contributed by atoms with van der Waals surface area (Å²) in [4.78, 5) is 8.95. The molecule has 5 nitrogen and oxygen atoms in total. The summed E-state index contributed by atoms with van der Waals surface area (Å²) in [6, 6.07) is 10.6. The highest BCUT2D eigenvalue weighted by Gasteiger charge is 2.23. The van der Waals surface area contributed by atoms with Crippen molar-refractivity contribution in [3.63, 3.8) is 0 Å². The van der Waals surface area contributed by atoms with Crippen LogP contribution in [0.4, 0.5) is 5.69 Å². The van der Waals surface area contributed by atoms with Crippen molar-refractivity contribution in [1.82, 2.24) is 4.57 Å². The smallest absolute Gasteiger partial charge is 0.292 e. The number of ether oxygens (including phenoxy) is 1. The standard InChI is InChI=1S/C20H21ClN2.C4H10O.C2H4O2.C2H4/c1-4-16-13(3)19-20-17(11-12(2)23(20)10-9-22-19)18(16)14-5-7-15(21)8-6-14;1-4(2,3)5;1-4-2-3;1-2/h5-8,11,22H,4,9-10H2,1-3H3;5H,1-3H3;2H,1H3;1-2H2. The van der Waals surface area contributed by atoms with E-state index in [1.165, 1.54) is 51.6 Å². The number of benzene rings is 2. The van der Waals surface area contributed by atoms with Crippen LogP contribution in [-0.4, -0.2) is 35.4 Å². The molecule has 1 aliphatic rings. The lowest BCUT2D eigenvalue weighted by Crippen LogP contribution is -2.19. The van der Waals surface area contributed by atoms with Crippen molar-refractivity contribution in [1.29, 1.82) is 0 Å². The van der Waals surface area contributed by atoms with Gasteiger partial charge in [0.05, 0.1) is 23.9 Å². The quantitative estimate of drug-likeness (QED) is 0.311. The number of carbonyl (C=O) groups excluding carboxylic acids is 1. The van der Waals surface area contributed by atoms with Crippen LogP contribution in [-0.2, 0) is 22.5 Å². The van der Waals surface area contributed by atoms with Crippen LogP contribution in [0.25, 0.3) is 22.0 Å². The largest absolute Gasteiger partial charge is 0.471 e. The minimum atomic E-state index is -0.500. The third-order valence-electron chi connectivity index (χ3n) is 5.16. The molecule has 186 valence electrons. The zero-order valence-electron chi connectivity index (χ0n) is 21.6. The van der Waals surface area contributed by atoms with Gasteiger partial charge in [-0.15, -0.1) is 13.2 Å². The molecular formula is C28H39ClN2O3. The maximum absolute atomic E-state index is 8.95. The van der Waals surface area contributed by atoms with Crippen molar-refractivity contribution in [3.05, 3.63) is 65.3 Å². The molecule has 0 unspecified atom stereocenters. The topological polar surface area (TPSA) is 63.5 Å². The predicted octanol–water partition coefficient (Wildman–Crippen LogP) is 6.94. The summed E-state index contributed by atoms with van der Waals surface area (Å²) in [7, 11) is 1.31. The van der Waals surface area contributed by atoms with Gasteiger partial charge in [0.25, 0.3) is 6.47 Å². The minimum Gasteiger partial charge on any atom is -0.471 e. The van der Waals surface area contributed by atoms with E-state index in [0.29, 0.717) is 6.47 Å². The summed E-state index contributed by atoms with van der Waals surface area (Å²) in [5.41, 5.74) is 8.94. The molecule has 0 spiro atoms. The number of rotatable bonds is 3. The Balaban J connectivity index is 0.000000448. The average Bonchev–Trinajstić information content (AvgIpc) is 3.14. The summed E-state index contributed by atoms with van der Waals surface area (Å²) < 4.78 is 6.31. The number of aliphatic hydroxyl groups is 1. The number of aromatic nitrogens is 1. The maximum Gasteiger partial charge on any atom is 0.292 e. The molecule has 0 bridgehead atoms. The second kappa shape index (κ2) is 13.2.